The molecule has 4 N–H and O–H groups in total. The van der Waals surface area contributed by atoms with Crippen LogP contribution < -0.4 is 16.6 Å². The first-order valence-electron chi connectivity index (χ1n) is 6.78. The summed E-state index contributed by atoms with van der Waals surface area (Å²) in [5.41, 5.74) is 0.669. The number of anilines is 1. The van der Waals surface area contributed by atoms with Crippen molar-refractivity contribution in [2.75, 3.05) is 12.0 Å². The molecule has 0 atom stereocenters. The van der Waals surface area contributed by atoms with Crippen LogP contribution in [0.4, 0.5) is 18.9 Å². The minimum atomic E-state index is -4.57. The zero-order valence-electron chi connectivity index (χ0n) is 11.7. The second-order valence-corrected chi connectivity index (χ2v) is 5.41. The molecule has 0 bridgehead atoms. The molecule has 0 radical (unpaired) electrons. The maximum atomic E-state index is 12.9. The van der Waals surface area contributed by atoms with Gasteiger partial charge in [-0.3, -0.25) is 10.6 Å². The SMILES string of the molecule is CCC1(CNC(=O)c2cccc(C(F)(F)F)c2NN)CC1. The van der Waals surface area contributed by atoms with Gasteiger partial charge in [0.2, 0.25) is 0 Å². The summed E-state index contributed by atoms with van der Waals surface area (Å²) in [6, 6.07) is 3.41. The van der Waals surface area contributed by atoms with Crippen molar-refractivity contribution in [3.63, 3.8) is 0 Å². The van der Waals surface area contributed by atoms with Gasteiger partial charge in [0, 0.05) is 6.54 Å². The van der Waals surface area contributed by atoms with Crippen molar-refractivity contribution < 1.29 is 18.0 Å². The van der Waals surface area contributed by atoms with E-state index in [-0.39, 0.29) is 11.0 Å². The monoisotopic (exact) mass is 301 g/mol. The molecule has 0 saturated heterocycles. The lowest BCUT2D eigenvalue weighted by molar-refractivity contribution is -0.137. The fourth-order valence-electron chi connectivity index (χ4n) is 2.33. The van der Waals surface area contributed by atoms with Gasteiger partial charge in [-0.15, -0.1) is 0 Å². The molecule has 1 aromatic rings. The molecule has 4 nitrogen and oxygen atoms in total. The number of nitrogen functional groups attached to an aromatic ring is 1. The van der Waals surface area contributed by atoms with Crippen LogP contribution in [-0.2, 0) is 6.18 Å². The predicted octanol–water partition coefficient (Wildman–Crippen LogP) is 2.91. The Morgan fingerprint density at radius 2 is 2.05 bits per heavy atom. The zero-order chi connectivity index (χ0) is 15.7. The number of amides is 1. The van der Waals surface area contributed by atoms with Crippen LogP contribution in [0.1, 0.15) is 42.1 Å². The average molecular weight is 301 g/mol. The number of hydrogen-bond donors (Lipinski definition) is 3. The van der Waals surface area contributed by atoms with Gasteiger partial charge in [0.15, 0.2) is 0 Å². The number of carbonyl (C=O) groups is 1. The van der Waals surface area contributed by atoms with Crippen LogP contribution in [0.25, 0.3) is 0 Å². The first kappa shape index (κ1) is 15.6. The fourth-order valence-corrected chi connectivity index (χ4v) is 2.33. The van der Waals surface area contributed by atoms with Crippen LogP contribution in [0.5, 0.6) is 0 Å². The van der Waals surface area contributed by atoms with Gasteiger partial charge in [-0.2, -0.15) is 13.2 Å². The number of rotatable bonds is 5. The van der Waals surface area contributed by atoms with Gasteiger partial charge in [0.05, 0.1) is 16.8 Å². The lowest BCUT2D eigenvalue weighted by Gasteiger charge is -2.17. The van der Waals surface area contributed by atoms with Crippen molar-refractivity contribution in [2.45, 2.75) is 32.4 Å². The molecule has 2 rings (SSSR count). The van der Waals surface area contributed by atoms with Crippen LogP contribution in [0.2, 0.25) is 0 Å². The average Bonchev–Trinajstić information content (AvgIpc) is 3.23. The van der Waals surface area contributed by atoms with Crippen LogP contribution in [-0.4, -0.2) is 12.5 Å². The van der Waals surface area contributed by atoms with Crippen molar-refractivity contribution >= 4 is 11.6 Å². The van der Waals surface area contributed by atoms with Crippen molar-refractivity contribution in [2.24, 2.45) is 11.3 Å². The second-order valence-electron chi connectivity index (χ2n) is 5.41. The summed E-state index contributed by atoms with van der Waals surface area (Å²) in [5, 5.41) is 2.70. The summed E-state index contributed by atoms with van der Waals surface area (Å²) < 4.78 is 38.7. The van der Waals surface area contributed by atoms with E-state index in [9.17, 15) is 18.0 Å². The maximum absolute atomic E-state index is 12.9. The molecular weight excluding hydrogens is 283 g/mol. The van der Waals surface area contributed by atoms with Crippen molar-refractivity contribution in [1.82, 2.24) is 5.32 Å². The molecule has 1 aliphatic rings. The third kappa shape index (κ3) is 3.29. The van der Waals surface area contributed by atoms with Crippen LogP contribution >= 0.6 is 0 Å². The highest BCUT2D eigenvalue weighted by molar-refractivity contribution is 6.00. The number of hydrazine groups is 1. The Hall–Kier alpha value is -1.76. The van der Waals surface area contributed by atoms with Gasteiger partial charge in [-0.05, 0) is 36.8 Å². The molecule has 1 aliphatic carbocycles. The topological polar surface area (TPSA) is 67.2 Å². The minimum Gasteiger partial charge on any atom is -0.351 e. The van der Waals surface area contributed by atoms with E-state index in [1.54, 1.807) is 0 Å². The molecule has 7 heteroatoms. The number of alkyl halides is 3. The molecule has 0 spiro atoms. The number of hydrogen-bond acceptors (Lipinski definition) is 3. The lowest BCUT2D eigenvalue weighted by atomic mass is 10.0. The highest BCUT2D eigenvalue weighted by Crippen LogP contribution is 2.48. The zero-order valence-corrected chi connectivity index (χ0v) is 11.7. The number of carbonyl (C=O) groups excluding carboxylic acids is 1. The van der Waals surface area contributed by atoms with Gasteiger partial charge in [-0.1, -0.05) is 13.0 Å². The van der Waals surface area contributed by atoms with E-state index in [0.29, 0.717) is 6.54 Å². The number of halogens is 3. The summed E-state index contributed by atoms with van der Waals surface area (Å²) in [6.07, 6.45) is -1.56. The minimum absolute atomic E-state index is 0.0979. The fraction of sp³-hybridized carbons (Fsp3) is 0.500. The quantitative estimate of drug-likeness (QED) is 0.578. The van der Waals surface area contributed by atoms with Gasteiger partial charge in [0.1, 0.15) is 0 Å². The number of nitrogens with one attached hydrogen (secondary N) is 2. The van der Waals surface area contributed by atoms with Gasteiger partial charge < -0.3 is 10.7 Å². The van der Waals surface area contributed by atoms with E-state index >= 15 is 0 Å². The van der Waals surface area contributed by atoms with Crippen LogP contribution in [0, 0.1) is 5.41 Å². The summed E-state index contributed by atoms with van der Waals surface area (Å²) >= 11 is 0. The first-order valence-corrected chi connectivity index (χ1v) is 6.78. The lowest BCUT2D eigenvalue weighted by Crippen LogP contribution is -2.31. The van der Waals surface area contributed by atoms with E-state index < -0.39 is 23.3 Å². The predicted molar refractivity (Wildman–Crippen MR) is 73.5 cm³/mol. The highest BCUT2D eigenvalue weighted by Gasteiger charge is 2.41. The maximum Gasteiger partial charge on any atom is 0.418 e. The van der Waals surface area contributed by atoms with E-state index in [0.717, 1.165) is 25.3 Å². The molecule has 1 saturated carbocycles. The summed E-state index contributed by atoms with van der Waals surface area (Å²) in [6.45, 7) is 2.51. The molecule has 1 fully saturated rings. The number of nitrogens with two attached hydrogens (primary N) is 1. The first-order chi connectivity index (χ1) is 9.83. The summed E-state index contributed by atoms with van der Waals surface area (Å²) in [4.78, 5) is 12.1. The molecule has 21 heavy (non-hydrogen) atoms. The van der Waals surface area contributed by atoms with Crippen molar-refractivity contribution in [3.05, 3.63) is 29.3 Å². The Bertz CT molecular complexity index is 539. The standard InChI is InChI=1S/C14H18F3N3O/c1-2-13(6-7-13)8-19-12(21)9-4-3-5-10(11(9)20-18)14(15,16)17/h3-5,20H,2,6-8,18H2,1H3,(H,19,21). The highest BCUT2D eigenvalue weighted by atomic mass is 19.4. The number of para-hydroxylation sites is 1. The summed E-state index contributed by atoms with van der Waals surface area (Å²) in [7, 11) is 0. The Balaban J connectivity index is 2.20. The third-order valence-corrected chi connectivity index (χ3v) is 4.09. The molecule has 0 unspecified atom stereocenters. The van der Waals surface area contributed by atoms with Crippen LogP contribution in [0.3, 0.4) is 0 Å². The van der Waals surface area contributed by atoms with Gasteiger partial charge in [0.25, 0.3) is 5.91 Å². The molecule has 0 aromatic heterocycles. The largest absolute Gasteiger partial charge is 0.418 e. The van der Waals surface area contributed by atoms with Crippen LogP contribution in [0.15, 0.2) is 18.2 Å². The van der Waals surface area contributed by atoms with Crippen molar-refractivity contribution in [1.29, 1.82) is 0 Å². The van der Waals surface area contributed by atoms with Gasteiger partial charge in [-0.25, -0.2) is 0 Å². The van der Waals surface area contributed by atoms with Crippen molar-refractivity contribution in [3.8, 4) is 0 Å². The van der Waals surface area contributed by atoms with E-state index in [4.69, 9.17) is 5.84 Å². The number of benzene rings is 1. The Morgan fingerprint density at radius 1 is 1.38 bits per heavy atom. The Kier molecular flexibility index (Phi) is 4.13. The third-order valence-electron chi connectivity index (χ3n) is 4.09. The van der Waals surface area contributed by atoms with Gasteiger partial charge >= 0.3 is 6.18 Å². The Morgan fingerprint density at radius 3 is 2.52 bits per heavy atom. The summed E-state index contributed by atoms with van der Waals surface area (Å²) in [5.74, 6) is 4.63. The van der Waals surface area contributed by atoms with E-state index in [2.05, 4.69) is 5.32 Å². The normalized spacial score (nSPS) is 16.4. The second kappa shape index (κ2) is 5.55. The molecular formula is C14H18F3N3O. The molecule has 0 aliphatic heterocycles. The Labute approximate surface area is 120 Å². The molecule has 0 heterocycles. The molecule has 1 amide bonds. The molecule has 116 valence electrons. The van der Waals surface area contributed by atoms with E-state index in [1.165, 1.54) is 12.1 Å². The van der Waals surface area contributed by atoms with E-state index in [1.807, 2.05) is 12.3 Å². The molecule has 1 aromatic carbocycles. The smallest absolute Gasteiger partial charge is 0.351 e.